The van der Waals surface area contributed by atoms with Gasteiger partial charge in [0, 0.05) is 24.1 Å². The Labute approximate surface area is 131 Å². The first-order valence-electron chi connectivity index (χ1n) is 7.20. The van der Waals surface area contributed by atoms with Gasteiger partial charge in [0.25, 0.3) is 0 Å². The summed E-state index contributed by atoms with van der Waals surface area (Å²) < 4.78 is 0. The summed E-state index contributed by atoms with van der Waals surface area (Å²) >= 11 is 0. The first-order chi connectivity index (χ1) is 10.5. The molecule has 0 aromatic heterocycles. The summed E-state index contributed by atoms with van der Waals surface area (Å²) in [4.78, 5) is 11.0. The van der Waals surface area contributed by atoms with Gasteiger partial charge in [-0.2, -0.15) is 0 Å². The second-order valence-electron chi connectivity index (χ2n) is 5.30. The predicted octanol–water partition coefficient (Wildman–Crippen LogP) is 2.86. The van der Waals surface area contributed by atoms with E-state index in [1.165, 1.54) is 6.92 Å². The van der Waals surface area contributed by atoms with Crippen LogP contribution in [0.3, 0.4) is 0 Å². The molecule has 0 saturated heterocycles. The van der Waals surface area contributed by atoms with Gasteiger partial charge in [-0.3, -0.25) is 4.79 Å². The molecule has 112 valence electrons. The van der Waals surface area contributed by atoms with Gasteiger partial charge in [-0.1, -0.05) is 24.0 Å². The average molecular weight is 293 g/mol. The van der Waals surface area contributed by atoms with Crippen molar-refractivity contribution in [1.82, 2.24) is 5.32 Å². The lowest BCUT2D eigenvalue weighted by atomic mass is 10.0. The first kappa shape index (κ1) is 15.7. The van der Waals surface area contributed by atoms with Gasteiger partial charge in [0.05, 0.1) is 0 Å². The van der Waals surface area contributed by atoms with Crippen LogP contribution in [0.15, 0.2) is 48.5 Å². The van der Waals surface area contributed by atoms with E-state index in [4.69, 9.17) is 0 Å². The minimum Gasteiger partial charge on any atom is -0.508 e. The van der Waals surface area contributed by atoms with Crippen LogP contribution in [0.5, 0.6) is 5.75 Å². The summed E-state index contributed by atoms with van der Waals surface area (Å²) in [5.41, 5.74) is 2.96. The summed E-state index contributed by atoms with van der Waals surface area (Å²) in [5, 5.41) is 12.1. The van der Waals surface area contributed by atoms with E-state index in [-0.39, 0.29) is 17.7 Å². The molecule has 2 N–H and O–H groups in total. The molecule has 0 saturated carbocycles. The van der Waals surface area contributed by atoms with E-state index in [0.717, 1.165) is 23.1 Å². The quantitative estimate of drug-likeness (QED) is 0.855. The fourth-order valence-corrected chi connectivity index (χ4v) is 2.16. The summed E-state index contributed by atoms with van der Waals surface area (Å²) in [5.74, 6) is 6.38. The van der Waals surface area contributed by atoms with Crippen molar-refractivity contribution in [3.8, 4) is 17.6 Å². The normalized spacial score (nSPS) is 11.2. The molecule has 0 aliphatic carbocycles. The number of phenols is 1. The highest BCUT2D eigenvalue weighted by Gasteiger charge is 2.04. The topological polar surface area (TPSA) is 49.3 Å². The zero-order valence-electron chi connectivity index (χ0n) is 12.8. The van der Waals surface area contributed by atoms with Crippen molar-refractivity contribution in [2.45, 2.75) is 26.3 Å². The highest BCUT2D eigenvalue weighted by molar-refractivity contribution is 5.73. The predicted molar refractivity (Wildman–Crippen MR) is 87.5 cm³/mol. The van der Waals surface area contributed by atoms with Crippen molar-refractivity contribution >= 4 is 5.91 Å². The van der Waals surface area contributed by atoms with Gasteiger partial charge < -0.3 is 10.4 Å². The number of aromatic hydroxyl groups is 1. The van der Waals surface area contributed by atoms with E-state index >= 15 is 0 Å². The first-order valence-corrected chi connectivity index (χ1v) is 7.20. The van der Waals surface area contributed by atoms with Crippen molar-refractivity contribution in [3.05, 3.63) is 65.2 Å². The minimum absolute atomic E-state index is 0.0103. The number of phenolic OH excluding ortho intramolecular Hbond substituents is 1. The molecular weight excluding hydrogens is 274 g/mol. The zero-order chi connectivity index (χ0) is 15.9. The van der Waals surface area contributed by atoms with Gasteiger partial charge in [0.2, 0.25) is 5.91 Å². The SMILES string of the molecule is CC(=O)NC(C)Cc1ccc(C#Cc2ccc(O)cc2)cc1. The van der Waals surface area contributed by atoms with Crippen LogP contribution in [0.1, 0.15) is 30.5 Å². The van der Waals surface area contributed by atoms with Crippen LogP contribution in [0.4, 0.5) is 0 Å². The summed E-state index contributed by atoms with van der Waals surface area (Å²) in [6.45, 7) is 3.51. The van der Waals surface area contributed by atoms with E-state index in [1.54, 1.807) is 24.3 Å². The van der Waals surface area contributed by atoms with E-state index < -0.39 is 0 Å². The number of carbonyl (C=O) groups excluding carboxylic acids is 1. The van der Waals surface area contributed by atoms with Crippen molar-refractivity contribution in [1.29, 1.82) is 0 Å². The Morgan fingerprint density at radius 2 is 1.55 bits per heavy atom. The van der Waals surface area contributed by atoms with E-state index in [1.807, 2.05) is 31.2 Å². The summed E-state index contributed by atoms with van der Waals surface area (Å²) in [6.07, 6.45) is 0.797. The number of benzene rings is 2. The van der Waals surface area contributed by atoms with Crippen molar-refractivity contribution in [3.63, 3.8) is 0 Å². The fourth-order valence-electron chi connectivity index (χ4n) is 2.16. The Morgan fingerprint density at radius 1 is 1.05 bits per heavy atom. The van der Waals surface area contributed by atoms with Gasteiger partial charge in [-0.25, -0.2) is 0 Å². The molecule has 0 aliphatic heterocycles. The Balaban J connectivity index is 2.00. The smallest absolute Gasteiger partial charge is 0.217 e. The van der Waals surface area contributed by atoms with E-state index in [9.17, 15) is 9.90 Å². The van der Waals surface area contributed by atoms with Crippen molar-refractivity contribution < 1.29 is 9.90 Å². The van der Waals surface area contributed by atoms with E-state index in [0.29, 0.717) is 0 Å². The van der Waals surface area contributed by atoms with Gasteiger partial charge in [-0.05, 0) is 55.3 Å². The van der Waals surface area contributed by atoms with Crippen LogP contribution in [-0.2, 0) is 11.2 Å². The van der Waals surface area contributed by atoms with Crippen LogP contribution >= 0.6 is 0 Å². The number of rotatable bonds is 3. The molecule has 2 aromatic carbocycles. The number of hydrogen-bond donors (Lipinski definition) is 2. The second kappa shape index (κ2) is 7.33. The Morgan fingerprint density at radius 3 is 2.05 bits per heavy atom. The van der Waals surface area contributed by atoms with Gasteiger partial charge >= 0.3 is 0 Å². The molecule has 0 radical (unpaired) electrons. The molecule has 22 heavy (non-hydrogen) atoms. The molecular formula is C19H19NO2. The summed E-state index contributed by atoms with van der Waals surface area (Å²) in [7, 11) is 0. The lowest BCUT2D eigenvalue weighted by Crippen LogP contribution is -2.31. The van der Waals surface area contributed by atoms with Crippen molar-refractivity contribution in [2.24, 2.45) is 0 Å². The van der Waals surface area contributed by atoms with Crippen LogP contribution in [-0.4, -0.2) is 17.1 Å². The molecule has 0 spiro atoms. The van der Waals surface area contributed by atoms with Crippen LogP contribution in [0.2, 0.25) is 0 Å². The van der Waals surface area contributed by atoms with Crippen molar-refractivity contribution in [2.75, 3.05) is 0 Å². The molecule has 0 heterocycles. The maximum absolute atomic E-state index is 11.0. The van der Waals surface area contributed by atoms with Gasteiger partial charge in [0.15, 0.2) is 0 Å². The van der Waals surface area contributed by atoms with E-state index in [2.05, 4.69) is 17.2 Å². The molecule has 2 rings (SSSR count). The number of nitrogens with one attached hydrogen (secondary N) is 1. The molecule has 0 bridgehead atoms. The molecule has 1 atom stereocenters. The third kappa shape index (κ3) is 4.99. The van der Waals surface area contributed by atoms with Crippen LogP contribution < -0.4 is 5.32 Å². The van der Waals surface area contributed by atoms with Gasteiger partial charge in [-0.15, -0.1) is 0 Å². The average Bonchev–Trinajstić information content (AvgIpc) is 2.47. The Bertz CT molecular complexity index is 691. The van der Waals surface area contributed by atoms with Gasteiger partial charge in [0.1, 0.15) is 5.75 Å². The third-order valence-electron chi connectivity index (χ3n) is 3.16. The molecule has 2 aromatic rings. The monoisotopic (exact) mass is 293 g/mol. The Kier molecular flexibility index (Phi) is 5.21. The van der Waals surface area contributed by atoms with Crippen LogP contribution in [0.25, 0.3) is 0 Å². The number of carbonyl (C=O) groups is 1. The maximum atomic E-state index is 11.0. The van der Waals surface area contributed by atoms with Crippen LogP contribution in [0, 0.1) is 11.8 Å². The molecule has 0 aliphatic rings. The minimum atomic E-state index is -0.0103. The number of hydrogen-bond acceptors (Lipinski definition) is 2. The molecule has 3 heteroatoms. The third-order valence-corrected chi connectivity index (χ3v) is 3.16. The highest BCUT2D eigenvalue weighted by atomic mass is 16.3. The Hall–Kier alpha value is -2.73. The molecule has 1 unspecified atom stereocenters. The lowest BCUT2D eigenvalue weighted by Gasteiger charge is -2.12. The summed E-state index contributed by atoms with van der Waals surface area (Å²) in [6, 6.07) is 14.9. The zero-order valence-corrected chi connectivity index (χ0v) is 12.8. The molecule has 0 fully saturated rings. The number of amides is 1. The largest absolute Gasteiger partial charge is 0.508 e. The fraction of sp³-hybridized carbons (Fsp3) is 0.211. The maximum Gasteiger partial charge on any atom is 0.217 e. The molecule has 1 amide bonds. The lowest BCUT2D eigenvalue weighted by molar-refractivity contribution is -0.119. The highest BCUT2D eigenvalue weighted by Crippen LogP contribution is 2.09. The second-order valence-corrected chi connectivity index (χ2v) is 5.30. The standard InChI is InChI=1S/C19H19NO2/c1-14(20-15(2)21)13-18-7-5-16(6-8-18)3-4-17-9-11-19(22)12-10-17/h5-12,14,22H,13H2,1-2H3,(H,20,21). The molecule has 3 nitrogen and oxygen atoms in total.